The van der Waals surface area contributed by atoms with Gasteiger partial charge in [-0.25, -0.2) is 4.79 Å². The number of hydrogen-bond donors (Lipinski definition) is 0. The van der Waals surface area contributed by atoms with Crippen LogP contribution in [0.5, 0.6) is 5.75 Å². The van der Waals surface area contributed by atoms with E-state index in [1.807, 2.05) is 42.5 Å². The lowest BCUT2D eigenvalue weighted by atomic mass is 9.81. The van der Waals surface area contributed by atoms with Gasteiger partial charge in [0.05, 0.1) is 51.3 Å². The number of rotatable bonds is 25. The van der Waals surface area contributed by atoms with Gasteiger partial charge < -0.3 is 42.0 Å². The first kappa shape index (κ1) is 52.2. The van der Waals surface area contributed by atoms with Crippen LogP contribution in [-0.4, -0.2) is 102 Å². The second-order valence-corrected chi connectivity index (χ2v) is 27.9. The molecule has 12 heteroatoms. The van der Waals surface area contributed by atoms with E-state index in [4.69, 9.17) is 42.0 Å². The minimum absolute atomic E-state index is 0.132. The van der Waals surface area contributed by atoms with Crippen molar-refractivity contribution in [1.29, 1.82) is 0 Å². The Morgan fingerprint density at radius 2 is 1.21 bits per heavy atom. The number of carbonyl (C=O) groups excluding carboxylic acids is 1. The summed E-state index contributed by atoms with van der Waals surface area (Å²) >= 11 is 0. The molecule has 61 heavy (non-hydrogen) atoms. The Labute approximate surface area is 369 Å². The quantitative estimate of drug-likeness (QED) is 0.0355. The summed E-state index contributed by atoms with van der Waals surface area (Å²) in [5.41, 5.74) is 0.426. The summed E-state index contributed by atoms with van der Waals surface area (Å²) in [7, 11) is 2.09. The highest BCUT2D eigenvalue weighted by Crippen LogP contribution is 2.43. The molecule has 0 aromatic heterocycles. The minimum Gasteiger partial charge on any atom is -0.497 e. The van der Waals surface area contributed by atoms with Gasteiger partial charge >= 0.3 is 5.97 Å². The van der Waals surface area contributed by atoms with E-state index in [1.54, 1.807) is 21.3 Å². The maximum atomic E-state index is 13.4. The monoisotopic (exact) mass is 880 g/mol. The van der Waals surface area contributed by atoms with Crippen molar-refractivity contribution in [2.24, 2.45) is 5.41 Å². The van der Waals surface area contributed by atoms with Crippen LogP contribution in [-0.2, 0) is 48.7 Å². The van der Waals surface area contributed by atoms with Gasteiger partial charge in [0.2, 0.25) is 0 Å². The molecule has 0 aliphatic rings. The average Bonchev–Trinajstić information content (AvgIpc) is 3.23. The zero-order valence-electron chi connectivity index (χ0n) is 39.7. The lowest BCUT2D eigenvalue weighted by molar-refractivity contribution is -0.179. The molecule has 0 unspecified atom stereocenters. The fourth-order valence-corrected chi connectivity index (χ4v) is 13.6. The summed E-state index contributed by atoms with van der Waals surface area (Å²) in [4.78, 5) is 13.4. The van der Waals surface area contributed by atoms with Crippen LogP contribution in [0.4, 0.5) is 0 Å². The number of esters is 1. The van der Waals surface area contributed by atoms with Gasteiger partial charge in [-0.1, -0.05) is 134 Å². The van der Waals surface area contributed by atoms with Gasteiger partial charge in [0, 0.05) is 39.6 Å². The summed E-state index contributed by atoms with van der Waals surface area (Å²) in [6.07, 6.45) is -1.56. The van der Waals surface area contributed by atoms with Crippen molar-refractivity contribution < 1.29 is 46.8 Å². The molecular weight excluding hydrogens is 805 g/mol. The maximum absolute atomic E-state index is 13.4. The molecule has 3 aromatic carbocycles. The Morgan fingerprint density at radius 3 is 1.64 bits per heavy atom. The molecule has 340 valence electrons. The van der Waals surface area contributed by atoms with Crippen molar-refractivity contribution in [2.75, 3.05) is 42.3 Å². The third-order valence-electron chi connectivity index (χ3n) is 12.2. The summed E-state index contributed by atoms with van der Waals surface area (Å²) in [6, 6.07) is 28.9. The van der Waals surface area contributed by atoms with E-state index < -0.39 is 64.6 Å². The molecule has 0 bridgehead atoms. The van der Waals surface area contributed by atoms with Crippen LogP contribution in [0.3, 0.4) is 0 Å². The van der Waals surface area contributed by atoms with Crippen LogP contribution in [0, 0.1) is 5.41 Å². The van der Waals surface area contributed by atoms with Crippen LogP contribution in [0.1, 0.15) is 73.8 Å². The molecule has 0 saturated heterocycles. The highest BCUT2D eigenvalue weighted by Gasteiger charge is 2.53. The molecule has 0 spiro atoms. The Kier molecular flexibility index (Phi) is 19.6. The summed E-state index contributed by atoms with van der Waals surface area (Å²) in [5.74, 6) is 0.198. The SMILES string of the molecule is C=CC(C)(C)[C@H](OCc1ccc(OC)cc1)[C@H](O[Si](C)(C)C(C)(C)C)[C@@H](C[C@H](C[C@@H](OC)[C@H](OCOC)C(=O)OC)O[Si](c1ccccc1)(c1ccccc1)C(C)(C)C)OC. The van der Waals surface area contributed by atoms with Crippen LogP contribution < -0.4 is 15.1 Å². The smallest absolute Gasteiger partial charge is 0.337 e. The van der Waals surface area contributed by atoms with Gasteiger partial charge in [0.15, 0.2) is 14.4 Å². The van der Waals surface area contributed by atoms with Gasteiger partial charge in [0.25, 0.3) is 8.32 Å². The third kappa shape index (κ3) is 13.4. The Balaban J connectivity index is 2.35. The molecule has 0 aliphatic carbocycles. The fourth-order valence-electron chi connectivity index (χ4n) is 7.55. The molecule has 0 fully saturated rings. The van der Waals surface area contributed by atoms with E-state index in [9.17, 15) is 4.79 Å². The number of methoxy groups -OCH3 is 5. The second-order valence-electron chi connectivity index (χ2n) is 18.9. The second kappa shape index (κ2) is 23.0. The first-order valence-corrected chi connectivity index (χ1v) is 26.1. The van der Waals surface area contributed by atoms with Crippen LogP contribution >= 0.6 is 0 Å². The molecule has 6 atom stereocenters. The van der Waals surface area contributed by atoms with Crippen molar-refractivity contribution in [3.63, 3.8) is 0 Å². The van der Waals surface area contributed by atoms with Crippen LogP contribution in [0.2, 0.25) is 23.2 Å². The van der Waals surface area contributed by atoms with Crippen molar-refractivity contribution in [2.45, 2.75) is 135 Å². The molecule has 0 saturated carbocycles. The molecule has 0 radical (unpaired) electrons. The first-order valence-electron chi connectivity index (χ1n) is 21.2. The van der Waals surface area contributed by atoms with E-state index in [0.29, 0.717) is 13.0 Å². The van der Waals surface area contributed by atoms with E-state index in [2.05, 4.69) is 124 Å². The zero-order valence-corrected chi connectivity index (χ0v) is 41.7. The molecule has 0 heterocycles. The molecular formula is C49H76O10Si2. The lowest BCUT2D eigenvalue weighted by Crippen LogP contribution is -2.68. The van der Waals surface area contributed by atoms with E-state index >= 15 is 0 Å². The molecule has 3 aromatic rings. The highest BCUT2D eigenvalue weighted by molar-refractivity contribution is 6.99. The maximum Gasteiger partial charge on any atom is 0.337 e. The van der Waals surface area contributed by atoms with Gasteiger partial charge in [-0.2, -0.15) is 0 Å². The molecule has 0 N–H and O–H groups in total. The zero-order chi connectivity index (χ0) is 45.6. The van der Waals surface area contributed by atoms with Crippen molar-refractivity contribution >= 4 is 33.0 Å². The number of benzene rings is 3. The van der Waals surface area contributed by atoms with Gasteiger partial charge in [0.1, 0.15) is 12.5 Å². The predicted octanol–water partition coefficient (Wildman–Crippen LogP) is 9.10. The first-order chi connectivity index (χ1) is 28.7. The summed E-state index contributed by atoms with van der Waals surface area (Å²) < 4.78 is 57.2. The number of carbonyl (C=O) groups is 1. The molecule has 0 aliphatic heterocycles. The van der Waals surface area contributed by atoms with Crippen molar-refractivity contribution in [3.05, 3.63) is 103 Å². The topological polar surface area (TPSA) is 100 Å². The minimum atomic E-state index is -3.20. The predicted molar refractivity (Wildman–Crippen MR) is 250 cm³/mol. The van der Waals surface area contributed by atoms with Crippen molar-refractivity contribution in [1.82, 2.24) is 0 Å². The largest absolute Gasteiger partial charge is 0.497 e. The van der Waals surface area contributed by atoms with Crippen LogP contribution in [0.15, 0.2) is 97.6 Å². The Hall–Kier alpha value is -3.18. The van der Waals surface area contributed by atoms with Crippen LogP contribution in [0.25, 0.3) is 0 Å². The molecule has 10 nitrogen and oxygen atoms in total. The summed E-state index contributed by atoms with van der Waals surface area (Å²) in [5, 5.41) is 1.73. The van der Waals surface area contributed by atoms with Gasteiger partial charge in [-0.05, 0) is 51.2 Å². The Morgan fingerprint density at radius 1 is 0.689 bits per heavy atom. The standard InChI is InChI=1S/C49H76O10Si2/c1-17-49(8,9)45(56-34-36-28-30-37(52-11)31-29-36)43(59-60(15,16)47(2,3)4)41(53-12)32-38(33-42(54-13)44(46(50)55-14)57-35-51-10)58-61(48(5,6)7,39-24-20-18-21-25-39)40-26-22-19-23-27-40/h17-31,38,41-45H,1,32-35H2,2-16H3/t38-,41-,42-,43-,44+,45-/m1/s1. The molecule has 3 rings (SSSR count). The summed E-state index contributed by atoms with van der Waals surface area (Å²) in [6.45, 7) is 26.7. The number of ether oxygens (including phenoxy) is 7. The van der Waals surface area contributed by atoms with E-state index in [-0.39, 0.29) is 23.3 Å². The Bertz CT molecular complexity index is 1700. The van der Waals surface area contributed by atoms with E-state index in [0.717, 1.165) is 21.7 Å². The fraction of sp³-hybridized carbons (Fsp3) is 0.571. The van der Waals surface area contributed by atoms with Crippen molar-refractivity contribution in [3.8, 4) is 5.75 Å². The number of hydrogen-bond acceptors (Lipinski definition) is 10. The highest BCUT2D eigenvalue weighted by atomic mass is 28.4. The van der Waals surface area contributed by atoms with E-state index in [1.165, 1.54) is 14.2 Å². The van der Waals surface area contributed by atoms with Gasteiger partial charge in [-0.15, -0.1) is 6.58 Å². The normalized spacial score (nSPS) is 15.9. The third-order valence-corrected chi connectivity index (χ3v) is 21.8. The lowest BCUT2D eigenvalue weighted by Gasteiger charge is -2.49. The molecule has 0 amide bonds. The average molecular weight is 881 g/mol. The van der Waals surface area contributed by atoms with Gasteiger partial charge in [-0.3, -0.25) is 0 Å².